The standard InChI is InChI=1S/C8H10N2OS2/c1-2-7(11)10-13-12-8-5-3-4-6-9-8/h3-6H,2H2,1H3,(H,10,11). The highest BCUT2D eigenvalue weighted by Gasteiger charge is 1.98. The number of carbonyl (C=O) groups excluding carboxylic acids is 1. The van der Waals surface area contributed by atoms with Gasteiger partial charge in [-0.25, -0.2) is 4.98 Å². The molecule has 0 atom stereocenters. The third-order valence-corrected chi connectivity index (χ3v) is 3.06. The molecule has 0 aromatic carbocycles. The van der Waals surface area contributed by atoms with Gasteiger partial charge < -0.3 is 0 Å². The Morgan fingerprint density at radius 3 is 3.08 bits per heavy atom. The number of hydrogen-bond donors (Lipinski definition) is 1. The molecule has 0 spiro atoms. The van der Waals surface area contributed by atoms with Gasteiger partial charge in [0.1, 0.15) is 5.03 Å². The Kier molecular flexibility index (Phi) is 4.70. The average molecular weight is 214 g/mol. The Bertz CT molecular complexity index is 266. The average Bonchev–Trinajstić information content (AvgIpc) is 2.19. The van der Waals surface area contributed by atoms with E-state index < -0.39 is 0 Å². The second-order valence-corrected chi connectivity index (χ2v) is 4.17. The number of nitrogens with zero attached hydrogens (tertiary/aromatic N) is 1. The fraction of sp³-hybridized carbons (Fsp3) is 0.250. The number of carbonyl (C=O) groups is 1. The van der Waals surface area contributed by atoms with Crippen molar-refractivity contribution in [1.29, 1.82) is 0 Å². The minimum Gasteiger partial charge on any atom is -0.291 e. The molecule has 0 aliphatic rings. The first-order valence-corrected chi connectivity index (χ1v) is 6.01. The van der Waals surface area contributed by atoms with E-state index >= 15 is 0 Å². The van der Waals surface area contributed by atoms with Gasteiger partial charge in [0.2, 0.25) is 5.91 Å². The molecule has 0 aliphatic heterocycles. The van der Waals surface area contributed by atoms with Crippen molar-refractivity contribution in [1.82, 2.24) is 9.71 Å². The molecule has 0 bridgehead atoms. The van der Waals surface area contributed by atoms with E-state index in [2.05, 4.69) is 9.71 Å². The van der Waals surface area contributed by atoms with Crippen molar-refractivity contribution in [2.45, 2.75) is 18.4 Å². The molecule has 1 N–H and O–H groups in total. The maximum absolute atomic E-state index is 10.8. The van der Waals surface area contributed by atoms with Crippen LogP contribution in [0.25, 0.3) is 0 Å². The number of amides is 1. The van der Waals surface area contributed by atoms with E-state index in [9.17, 15) is 4.79 Å². The Morgan fingerprint density at radius 2 is 2.46 bits per heavy atom. The van der Waals surface area contributed by atoms with Crippen LogP contribution in [0.1, 0.15) is 13.3 Å². The first-order chi connectivity index (χ1) is 6.33. The van der Waals surface area contributed by atoms with Crippen molar-refractivity contribution in [2.75, 3.05) is 0 Å². The largest absolute Gasteiger partial charge is 0.291 e. The zero-order valence-corrected chi connectivity index (χ0v) is 8.82. The first kappa shape index (κ1) is 10.4. The highest BCUT2D eigenvalue weighted by Crippen LogP contribution is 2.25. The number of rotatable bonds is 4. The first-order valence-electron chi connectivity index (χ1n) is 3.86. The molecular weight excluding hydrogens is 204 g/mol. The van der Waals surface area contributed by atoms with E-state index in [0.717, 1.165) is 5.03 Å². The van der Waals surface area contributed by atoms with Crippen LogP contribution in [0.15, 0.2) is 29.4 Å². The molecule has 0 aliphatic carbocycles. The molecule has 1 heterocycles. The minimum absolute atomic E-state index is 0.0356. The van der Waals surface area contributed by atoms with Crippen molar-refractivity contribution in [3.8, 4) is 0 Å². The van der Waals surface area contributed by atoms with Gasteiger partial charge in [0.15, 0.2) is 0 Å². The SMILES string of the molecule is CCC(=O)NSSc1ccccn1. The highest BCUT2D eigenvalue weighted by atomic mass is 33.1. The summed E-state index contributed by atoms with van der Waals surface area (Å²) in [5.74, 6) is 0.0356. The van der Waals surface area contributed by atoms with Crippen LogP contribution >= 0.6 is 21.8 Å². The van der Waals surface area contributed by atoms with E-state index in [1.54, 1.807) is 6.20 Å². The predicted octanol–water partition coefficient (Wildman–Crippen LogP) is 2.26. The van der Waals surface area contributed by atoms with Crippen LogP contribution in [-0.2, 0) is 4.79 Å². The Labute approximate surface area is 85.2 Å². The molecule has 0 saturated carbocycles. The molecule has 1 amide bonds. The molecule has 5 heteroatoms. The normalized spacial score (nSPS) is 9.62. The maximum Gasteiger partial charge on any atom is 0.230 e. The lowest BCUT2D eigenvalue weighted by Crippen LogP contribution is -2.11. The lowest BCUT2D eigenvalue weighted by Gasteiger charge is -1.99. The van der Waals surface area contributed by atoms with Crippen LogP contribution in [0.2, 0.25) is 0 Å². The molecule has 1 rings (SSSR count). The summed E-state index contributed by atoms with van der Waals surface area (Å²) in [6, 6.07) is 5.67. The number of hydrogen-bond acceptors (Lipinski definition) is 4. The van der Waals surface area contributed by atoms with Crippen LogP contribution in [0.3, 0.4) is 0 Å². The Morgan fingerprint density at radius 1 is 1.62 bits per heavy atom. The lowest BCUT2D eigenvalue weighted by molar-refractivity contribution is -0.118. The van der Waals surface area contributed by atoms with E-state index in [1.165, 1.54) is 21.8 Å². The van der Waals surface area contributed by atoms with Crippen molar-refractivity contribution in [2.24, 2.45) is 0 Å². The van der Waals surface area contributed by atoms with Gasteiger partial charge >= 0.3 is 0 Å². The van der Waals surface area contributed by atoms with Gasteiger partial charge in [0, 0.05) is 23.6 Å². The van der Waals surface area contributed by atoms with Crippen molar-refractivity contribution >= 4 is 27.7 Å². The summed E-state index contributed by atoms with van der Waals surface area (Å²) in [6.07, 6.45) is 2.24. The van der Waals surface area contributed by atoms with Crippen LogP contribution in [0.5, 0.6) is 0 Å². The molecule has 1 aromatic heterocycles. The van der Waals surface area contributed by atoms with E-state index in [0.29, 0.717) is 6.42 Å². The second-order valence-electron chi connectivity index (χ2n) is 2.21. The van der Waals surface area contributed by atoms with E-state index in [-0.39, 0.29) is 5.91 Å². The number of pyridine rings is 1. The monoisotopic (exact) mass is 214 g/mol. The van der Waals surface area contributed by atoms with Gasteiger partial charge in [-0.15, -0.1) is 0 Å². The van der Waals surface area contributed by atoms with Crippen LogP contribution in [-0.4, -0.2) is 10.9 Å². The summed E-state index contributed by atoms with van der Waals surface area (Å²) < 4.78 is 2.68. The fourth-order valence-corrected chi connectivity index (χ4v) is 2.14. The maximum atomic E-state index is 10.8. The zero-order valence-electron chi connectivity index (χ0n) is 7.19. The smallest absolute Gasteiger partial charge is 0.230 e. The third kappa shape index (κ3) is 4.19. The molecular formula is C8H10N2OS2. The second kappa shape index (κ2) is 5.88. The summed E-state index contributed by atoms with van der Waals surface area (Å²) in [4.78, 5) is 14.9. The molecule has 0 fully saturated rings. The lowest BCUT2D eigenvalue weighted by atomic mass is 10.5. The summed E-state index contributed by atoms with van der Waals surface area (Å²) in [5, 5.41) is 0.893. The highest BCUT2D eigenvalue weighted by molar-refractivity contribution is 8.76. The molecule has 0 saturated heterocycles. The predicted molar refractivity (Wildman–Crippen MR) is 56.1 cm³/mol. The molecule has 13 heavy (non-hydrogen) atoms. The van der Waals surface area contributed by atoms with Crippen LogP contribution in [0.4, 0.5) is 0 Å². The molecule has 70 valence electrons. The summed E-state index contributed by atoms with van der Waals surface area (Å²) in [7, 11) is 2.73. The topological polar surface area (TPSA) is 42.0 Å². The zero-order chi connectivity index (χ0) is 9.52. The van der Waals surface area contributed by atoms with Crippen LogP contribution in [0, 0.1) is 0 Å². The Hall–Kier alpha value is -0.680. The number of nitrogens with one attached hydrogen (secondary N) is 1. The minimum atomic E-state index is 0.0356. The van der Waals surface area contributed by atoms with Gasteiger partial charge in [-0.2, -0.15) is 0 Å². The van der Waals surface area contributed by atoms with Crippen molar-refractivity contribution in [3.63, 3.8) is 0 Å². The van der Waals surface area contributed by atoms with Gasteiger partial charge in [-0.1, -0.05) is 13.0 Å². The van der Waals surface area contributed by atoms with E-state index in [4.69, 9.17) is 0 Å². The summed E-state index contributed by atoms with van der Waals surface area (Å²) >= 11 is 0. The van der Waals surface area contributed by atoms with Crippen LogP contribution < -0.4 is 4.72 Å². The molecule has 0 radical (unpaired) electrons. The van der Waals surface area contributed by atoms with Crippen molar-refractivity contribution in [3.05, 3.63) is 24.4 Å². The van der Waals surface area contributed by atoms with Gasteiger partial charge in [-0.3, -0.25) is 9.52 Å². The summed E-state index contributed by atoms with van der Waals surface area (Å²) in [6.45, 7) is 1.82. The number of aromatic nitrogens is 1. The van der Waals surface area contributed by atoms with Crippen molar-refractivity contribution < 1.29 is 4.79 Å². The van der Waals surface area contributed by atoms with Gasteiger partial charge in [-0.05, 0) is 22.9 Å². The van der Waals surface area contributed by atoms with Gasteiger partial charge in [0.25, 0.3) is 0 Å². The fourth-order valence-electron chi connectivity index (χ4n) is 0.579. The van der Waals surface area contributed by atoms with Gasteiger partial charge in [0.05, 0.1) is 0 Å². The molecule has 3 nitrogen and oxygen atoms in total. The molecule has 0 unspecified atom stereocenters. The Balaban J connectivity index is 2.24. The third-order valence-electron chi connectivity index (χ3n) is 1.24. The quantitative estimate of drug-likeness (QED) is 0.616. The molecule has 1 aromatic rings. The summed E-state index contributed by atoms with van der Waals surface area (Å²) in [5.41, 5.74) is 0. The van der Waals surface area contributed by atoms with E-state index in [1.807, 2.05) is 25.1 Å².